The highest BCUT2D eigenvalue weighted by Crippen LogP contribution is 2.35. The number of methoxy groups -OCH3 is 1. The molecule has 0 bridgehead atoms. The second kappa shape index (κ2) is 9.30. The zero-order chi connectivity index (χ0) is 24.6. The minimum absolute atomic E-state index is 0.0131. The van der Waals surface area contributed by atoms with Crippen LogP contribution >= 0.6 is 0 Å². The lowest BCUT2D eigenvalue weighted by Gasteiger charge is -2.33. The maximum Gasteiger partial charge on any atom is 0.414 e. The third-order valence-corrected chi connectivity index (χ3v) is 6.91. The van der Waals surface area contributed by atoms with Crippen molar-refractivity contribution in [1.82, 2.24) is 19.4 Å². The lowest BCUT2D eigenvalue weighted by atomic mass is 10.0. The molecule has 2 aromatic heterocycles. The van der Waals surface area contributed by atoms with Gasteiger partial charge < -0.3 is 18.9 Å². The van der Waals surface area contributed by atoms with E-state index in [0.29, 0.717) is 54.8 Å². The fourth-order valence-electron chi connectivity index (χ4n) is 5.14. The molecule has 0 spiro atoms. The third-order valence-electron chi connectivity index (χ3n) is 6.91. The van der Waals surface area contributed by atoms with Crippen molar-refractivity contribution in [1.29, 1.82) is 0 Å². The molecular weight excluding hydrogens is 466 g/mol. The summed E-state index contributed by atoms with van der Waals surface area (Å²) in [4.78, 5) is 37.9. The number of anilines is 1. The first kappa shape index (κ1) is 22.6. The Balaban J connectivity index is 1.10. The predicted molar refractivity (Wildman–Crippen MR) is 130 cm³/mol. The molecule has 2 saturated heterocycles. The molecular formula is C25H27N5O6. The molecule has 2 fully saturated rings. The smallest absolute Gasteiger partial charge is 0.414 e. The Kier molecular flexibility index (Phi) is 5.84. The summed E-state index contributed by atoms with van der Waals surface area (Å²) in [5, 5.41) is 0. The Morgan fingerprint density at radius 2 is 1.86 bits per heavy atom. The number of carbonyl (C=O) groups is 1. The molecule has 3 aliphatic heterocycles. The minimum Gasteiger partial charge on any atom is -0.486 e. The van der Waals surface area contributed by atoms with E-state index < -0.39 is 0 Å². The number of cyclic esters (lactones) is 1. The fraction of sp³-hybridized carbons (Fsp3) is 0.440. The highest BCUT2D eigenvalue weighted by molar-refractivity contribution is 5.90. The first-order chi connectivity index (χ1) is 17.6. The molecule has 1 aromatic carbocycles. The first-order valence-corrected chi connectivity index (χ1v) is 12.1. The first-order valence-electron chi connectivity index (χ1n) is 12.1. The summed E-state index contributed by atoms with van der Waals surface area (Å²) in [6, 6.07) is 9.06. The summed E-state index contributed by atoms with van der Waals surface area (Å²) in [5.74, 6) is 1.78. The predicted octanol–water partition coefficient (Wildman–Crippen LogP) is 2.23. The molecule has 11 nitrogen and oxygen atoms in total. The van der Waals surface area contributed by atoms with Gasteiger partial charge in [-0.15, -0.1) is 0 Å². The van der Waals surface area contributed by atoms with Crippen LogP contribution in [-0.4, -0.2) is 78.1 Å². The van der Waals surface area contributed by atoms with Crippen LogP contribution in [0, 0.1) is 0 Å². The number of aromatic nitrogens is 3. The van der Waals surface area contributed by atoms with E-state index in [0.717, 1.165) is 31.6 Å². The molecule has 0 aliphatic carbocycles. The zero-order valence-electron chi connectivity index (χ0n) is 20.0. The topological polar surface area (TPSA) is 108 Å². The Labute approximate surface area is 207 Å². The van der Waals surface area contributed by atoms with Gasteiger partial charge in [0.1, 0.15) is 24.8 Å². The van der Waals surface area contributed by atoms with Crippen LogP contribution in [-0.2, 0) is 4.74 Å². The van der Waals surface area contributed by atoms with E-state index in [1.54, 1.807) is 22.6 Å². The van der Waals surface area contributed by atoms with Gasteiger partial charge in [-0.25, -0.2) is 9.78 Å². The van der Waals surface area contributed by atoms with Crippen LogP contribution in [0.5, 0.6) is 17.4 Å². The molecule has 36 heavy (non-hydrogen) atoms. The van der Waals surface area contributed by atoms with Crippen LogP contribution in [0.1, 0.15) is 18.9 Å². The quantitative estimate of drug-likeness (QED) is 0.529. The molecule has 5 heterocycles. The monoisotopic (exact) mass is 493 g/mol. The molecule has 3 aliphatic rings. The van der Waals surface area contributed by atoms with Crippen LogP contribution in [0.3, 0.4) is 0 Å². The number of hydrogen-bond donors (Lipinski definition) is 0. The van der Waals surface area contributed by atoms with E-state index in [2.05, 4.69) is 14.9 Å². The number of hydrogen-bond acceptors (Lipinski definition) is 9. The molecule has 1 atom stereocenters. The lowest BCUT2D eigenvalue weighted by Crippen LogP contribution is -2.42. The van der Waals surface area contributed by atoms with Crippen LogP contribution in [0.2, 0.25) is 0 Å². The minimum atomic E-state index is -0.360. The number of rotatable bonds is 5. The van der Waals surface area contributed by atoms with Crippen LogP contribution in [0.15, 0.2) is 41.3 Å². The SMILES string of the molecule is COc1ccc2ncc(=O)n(C3CCN(CC4CN(c5ccc6c(c5)OCCO6)C(=O)O4)CC3)c2n1. The number of benzene rings is 1. The highest BCUT2D eigenvalue weighted by Gasteiger charge is 2.35. The normalized spacial score (nSPS) is 20.5. The van der Waals surface area contributed by atoms with Gasteiger partial charge in [-0.2, -0.15) is 4.98 Å². The van der Waals surface area contributed by atoms with Gasteiger partial charge in [-0.1, -0.05) is 0 Å². The zero-order valence-corrected chi connectivity index (χ0v) is 20.0. The van der Waals surface area contributed by atoms with E-state index in [1.165, 1.54) is 6.20 Å². The van der Waals surface area contributed by atoms with Gasteiger partial charge in [0.2, 0.25) is 5.88 Å². The van der Waals surface area contributed by atoms with E-state index in [1.807, 2.05) is 24.3 Å². The van der Waals surface area contributed by atoms with Crippen molar-refractivity contribution in [3.63, 3.8) is 0 Å². The van der Waals surface area contributed by atoms with Crippen molar-refractivity contribution >= 4 is 22.9 Å². The molecule has 0 radical (unpaired) electrons. The summed E-state index contributed by atoms with van der Waals surface area (Å²) >= 11 is 0. The molecule has 11 heteroatoms. The number of likely N-dealkylation sites (tertiary alicyclic amines) is 1. The van der Waals surface area contributed by atoms with Crippen molar-refractivity contribution in [2.24, 2.45) is 0 Å². The largest absolute Gasteiger partial charge is 0.486 e. The van der Waals surface area contributed by atoms with Crippen molar-refractivity contribution in [3.8, 4) is 17.4 Å². The lowest BCUT2D eigenvalue weighted by molar-refractivity contribution is 0.0924. The summed E-state index contributed by atoms with van der Waals surface area (Å²) in [5.41, 5.74) is 1.77. The Hall–Kier alpha value is -3.86. The number of piperidine rings is 1. The molecule has 6 rings (SSSR count). The number of nitrogens with zero attached hydrogens (tertiary/aromatic N) is 5. The van der Waals surface area contributed by atoms with E-state index in [9.17, 15) is 9.59 Å². The number of amides is 1. The van der Waals surface area contributed by atoms with Crippen LogP contribution < -0.4 is 24.7 Å². The number of ether oxygens (including phenoxy) is 4. The van der Waals surface area contributed by atoms with Crippen LogP contribution in [0.4, 0.5) is 10.5 Å². The van der Waals surface area contributed by atoms with Crippen molar-refractivity contribution < 1.29 is 23.7 Å². The number of fused-ring (bicyclic) bond motifs is 2. The number of carbonyl (C=O) groups excluding carboxylic acids is 1. The fourth-order valence-corrected chi connectivity index (χ4v) is 5.14. The molecule has 0 N–H and O–H groups in total. The molecule has 1 unspecified atom stereocenters. The standard InChI is InChI=1S/C25H27N5O6/c1-33-22-5-3-19-24(27-22)30(23(31)13-26-19)16-6-8-28(9-7-16)14-18-15-29(25(32)36-18)17-2-4-20-21(12-17)35-11-10-34-20/h2-5,12-13,16,18H,6-11,14-15H2,1H3. The Morgan fingerprint density at radius 3 is 2.67 bits per heavy atom. The summed E-state index contributed by atoms with van der Waals surface area (Å²) in [7, 11) is 1.55. The van der Waals surface area contributed by atoms with Gasteiger partial charge in [-0.05, 0) is 31.0 Å². The summed E-state index contributed by atoms with van der Waals surface area (Å²) < 4.78 is 23.9. The van der Waals surface area contributed by atoms with E-state index in [-0.39, 0.29) is 23.8 Å². The second-order valence-corrected chi connectivity index (χ2v) is 9.14. The highest BCUT2D eigenvalue weighted by atomic mass is 16.6. The maximum absolute atomic E-state index is 12.7. The van der Waals surface area contributed by atoms with E-state index in [4.69, 9.17) is 18.9 Å². The molecule has 3 aromatic rings. The van der Waals surface area contributed by atoms with Gasteiger partial charge in [0.25, 0.3) is 5.56 Å². The molecule has 0 saturated carbocycles. The second-order valence-electron chi connectivity index (χ2n) is 9.14. The molecule has 1 amide bonds. The summed E-state index contributed by atoms with van der Waals surface area (Å²) in [6.07, 6.45) is 2.32. The van der Waals surface area contributed by atoms with Crippen LogP contribution in [0.25, 0.3) is 11.2 Å². The third kappa shape index (κ3) is 4.19. The van der Waals surface area contributed by atoms with Crippen molar-refractivity contribution in [2.75, 3.05) is 51.4 Å². The number of pyridine rings is 1. The summed E-state index contributed by atoms with van der Waals surface area (Å²) in [6.45, 7) is 3.68. The van der Waals surface area contributed by atoms with Gasteiger partial charge in [0, 0.05) is 37.8 Å². The average Bonchev–Trinajstić information content (AvgIpc) is 3.28. The Bertz CT molecular complexity index is 1350. The Morgan fingerprint density at radius 1 is 1.06 bits per heavy atom. The molecule has 188 valence electrons. The van der Waals surface area contributed by atoms with Crippen molar-refractivity contribution in [2.45, 2.75) is 25.0 Å². The van der Waals surface area contributed by atoms with E-state index >= 15 is 0 Å². The average molecular weight is 494 g/mol. The maximum atomic E-state index is 12.7. The van der Waals surface area contributed by atoms with Gasteiger partial charge in [-0.3, -0.25) is 19.2 Å². The van der Waals surface area contributed by atoms with Crippen molar-refractivity contribution in [3.05, 3.63) is 46.9 Å². The van der Waals surface area contributed by atoms with Gasteiger partial charge in [0.05, 0.1) is 25.5 Å². The van der Waals surface area contributed by atoms with Gasteiger partial charge in [0.15, 0.2) is 17.1 Å². The van der Waals surface area contributed by atoms with Gasteiger partial charge >= 0.3 is 6.09 Å².